The summed E-state index contributed by atoms with van der Waals surface area (Å²) in [6.07, 6.45) is 3.18. The van der Waals surface area contributed by atoms with Crippen LogP contribution in [0.5, 0.6) is 0 Å². The van der Waals surface area contributed by atoms with E-state index in [-0.39, 0.29) is 18.3 Å². The molecule has 14 heavy (non-hydrogen) atoms. The molecule has 1 saturated heterocycles. The Morgan fingerprint density at radius 2 is 1.57 bits per heavy atom. The molecule has 0 spiro atoms. The third-order valence-corrected chi connectivity index (χ3v) is 3.15. The number of rotatable bonds is 2. The normalized spacial score (nSPS) is 25.6. The highest BCUT2D eigenvalue weighted by atomic mass is 16.7. The Balaban J connectivity index is 2.78. The second kappa shape index (κ2) is 3.71. The fourth-order valence-corrected chi connectivity index (χ4v) is 1.45. The maximum Gasteiger partial charge on any atom is 0.489 e. The molecule has 2 nitrogen and oxygen atoms in total. The van der Waals surface area contributed by atoms with Gasteiger partial charge in [0.2, 0.25) is 0 Å². The van der Waals surface area contributed by atoms with Gasteiger partial charge < -0.3 is 9.31 Å². The summed E-state index contributed by atoms with van der Waals surface area (Å²) in [5.74, 6) is 0. The van der Waals surface area contributed by atoms with Crippen molar-refractivity contribution in [3.63, 3.8) is 0 Å². The molecule has 0 saturated carbocycles. The molecule has 1 aliphatic rings. The predicted molar refractivity (Wildman–Crippen MR) is 60.1 cm³/mol. The topological polar surface area (TPSA) is 18.5 Å². The molecule has 0 aromatic heterocycles. The summed E-state index contributed by atoms with van der Waals surface area (Å²) in [7, 11) is -0.167. The van der Waals surface area contributed by atoms with Crippen LogP contribution in [0.1, 0.15) is 48.0 Å². The van der Waals surface area contributed by atoms with Gasteiger partial charge in [0, 0.05) is 0 Å². The minimum Gasteiger partial charge on any atom is -0.400 e. The van der Waals surface area contributed by atoms with E-state index >= 15 is 0 Å². The highest BCUT2D eigenvalue weighted by Crippen LogP contribution is 2.38. The Morgan fingerprint density at radius 3 is 1.93 bits per heavy atom. The minimum atomic E-state index is -0.222. The van der Waals surface area contributed by atoms with E-state index in [0.717, 1.165) is 6.42 Å². The largest absolute Gasteiger partial charge is 0.489 e. The Bertz CT molecular complexity index is 228. The number of allylic oxidation sites excluding steroid dienone is 2. The first-order valence-electron chi connectivity index (χ1n) is 5.32. The van der Waals surface area contributed by atoms with Crippen LogP contribution in [0.25, 0.3) is 0 Å². The van der Waals surface area contributed by atoms with Gasteiger partial charge >= 0.3 is 7.12 Å². The third-order valence-electron chi connectivity index (χ3n) is 3.15. The standard InChI is InChI=1S/C11H21BO2/c1-7-8-9(2)12-13-10(3,4)11(5,6)14-12/h8H,7H2,1-6H3/b9-8+. The van der Waals surface area contributed by atoms with Gasteiger partial charge in [-0.15, -0.1) is 0 Å². The van der Waals surface area contributed by atoms with E-state index in [1.807, 2.05) is 0 Å². The molecule has 0 aliphatic carbocycles. The molecule has 0 amide bonds. The van der Waals surface area contributed by atoms with Gasteiger partial charge in [-0.2, -0.15) is 0 Å². The monoisotopic (exact) mass is 196 g/mol. The molecule has 1 aliphatic heterocycles. The fraction of sp³-hybridized carbons (Fsp3) is 0.818. The van der Waals surface area contributed by atoms with Gasteiger partial charge in [-0.3, -0.25) is 0 Å². The molecule has 3 heteroatoms. The lowest BCUT2D eigenvalue weighted by Gasteiger charge is -2.32. The molecule has 0 radical (unpaired) electrons. The molecule has 1 fully saturated rings. The zero-order valence-corrected chi connectivity index (χ0v) is 10.2. The van der Waals surface area contributed by atoms with Crippen LogP contribution in [-0.4, -0.2) is 18.3 Å². The molecular formula is C11H21BO2. The average Bonchev–Trinajstić information content (AvgIpc) is 2.22. The molecule has 80 valence electrons. The van der Waals surface area contributed by atoms with Crippen LogP contribution in [0.4, 0.5) is 0 Å². The summed E-state index contributed by atoms with van der Waals surface area (Å²) in [4.78, 5) is 0. The molecule has 0 aromatic rings. The van der Waals surface area contributed by atoms with E-state index in [4.69, 9.17) is 9.31 Å². The first-order valence-corrected chi connectivity index (χ1v) is 5.32. The quantitative estimate of drug-likeness (QED) is 0.632. The minimum absolute atomic E-state index is 0.167. The Hall–Kier alpha value is -0.275. The van der Waals surface area contributed by atoms with Crippen molar-refractivity contribution in [2.45, 2.75) is 59.2 Å². The maximum absolute atomic E-state index is 5.89. The Morgan fingerprint density at radius 1 is 1.14 bits per heavy atom. The van der Waals surface area contributed by atoms with Crippen molar-refractivity contribution in [1.29, 1.82) is 0 Å². The SMILES string of the molecule is CC/C=C(\C)B1OC(C)(C)C(C)(C)O1. The van der Waals surface area contributed by atoms with E-state index in [9.17, 15) is 0 Å². The van der Waals surface area contributed by atoms with Crippen molar-refractivity contribution in [2.24, 2.45) is 0 Å². The van der Waals surface area contributed by atoms with Crippen LogP contribution >= 0.6 is 0 Å². The van der Waals surface area contributed by atoms with Gasteiger partial charge in [0.15, 0.2) is 0 Å². The number of hydrogen-bond donors (Lipinski definition) is 0. The van der Waals surface area contributed by atoms with E-state index in [1.165, 1.54) is 5.47 Å². The van der Waals surface area contributed by atoms with Gasteiger partial charge in [0.05, 0.1) is 11.2 Å². The summed E-state index contributed by atoms with van der Waals surface area (Å²) < 4.78 is 11.8. The van der Waals surface area contributed by atoms with Crippen molar-refractivity contribution in [3.8, 4) is 0 Å². The smallest absolute Gasteiger partial charge is 0.400 e. The van der Waals surface area contributed by atoms with Crippen LogP contribution in [0.2, 0.25) is 0 Å². The van der Waals surface area contributed by atoms with Crippen molar-refractivity contribution < 1.29 is 9.31 Å². The van der Waals surface area contributed by atoms with E-state index in [1.54, 1.807) is 0 Å². The second-order valence-corrected chi connectivity index (χ2v) is 4.94. The lowest BCUT2D eigenvalue weighted by molar-refractivity contribution is 0.00578. The van der Waals surface area contributed by atoms with Crippen LogP contribution in [0.3, 0.4) is 0 Å². The summed E-state index contributed by atoms with van der Waals surface area (Å²) in [6, 6.07) is 0. The zero-order chi connectivity index (χ0) is 11.0. The van der Waals surface area contributed by atoms with Crippen LogP contribution < -0.4 is 0 Å². The van der Waals surface area contributed by atoms with Crippen LogP contribution in [0.15, 0.2) is 11.5 Å². The summed E-state index contributed by atoms with van der Waals surface area (Å²) in [6.45, 7) is 12.5. The Kier molecular flexibility index (Phi) is 3.12. The summed E-state index contributed by atoms with van der Waals surface area (Å²) >= 11 is 0. The van der Waals surface area contributed by atoms with Crippen LogP contribution in [-0.2, 0) is 9.31 Å². The molecule has 0 bridgehead atoms. The molecular weight excluding hydrogens is 175 g/mol. The zero-order valence-electron chi connectivity index (χ0n) is 10.2. The van der Waals surface area contributed by atoms with Gasteiger partial charge in [-0.25, -0.2) is 0 Å². The lowest BCUT2D eigenvalue weighted by atomic mass is 9.79. The first-order chi connectivity index (χ1) is 6.30. The second-order valence-electron chi connectivity index (χ2n) is 4.94. The molecule has 0 unspecified atom stereocenters. The van der Waals surface area contributed by atoms with Crippen molar-refractivity contribution in [3.05, 3.63) is 11.5 Å². The van der Waals surface area contributed by atoms with Gasteiger partial charge in [0.1, 0.15) is 0 Å². The lowest BCUT2D eigenvalue weighted by Crippen LogP contribution is -2.41. The summed E-state index contributed by atoms with van der Waals surface area (Å²) in [5.41, 5.74) is 0.729. The first kappa shape index (κ1) is 11.8. The molecule has 1 heterocycles. The van der Waals surface area contributed by atoms with Crippen molar-refractivity contribution in [1.82, 2.24) is 0 Å². The third kappa shape index (κ3) is 2.04. The average molecular weight is 196 g/mol. The molecule has 1 rings (SSSR count). The van der Waals surface area contributed by atoms with Crippen molar-refractivity contribution in [2.75, 3.05) is 0 Å². The van der Waals surface area contributed by atoms with Crippen molar-refractivity contribution >= 4 is 7.12 Å². The predicted octanol–water partition coefficient (Wildman–Crippen LogP) is 2.97. The van der Waals surface area contributed by atoms with Gasteiger partial charge in [-0.05, 0) is 46.5 Å². The Labute approximate surface area is 87.8 Å². The molecule has 0 atom stereocenters. The van der Waals surface area contributed by atoms with E-state index in [0.29, 0.717) is 0 Å². The number of hydrogen-bond acceptors (Lipinski definition) is 2. The summed E-state index contributed by atoms with van der Waals surface area (Å²) in [5, 5.41) is 0. The maximum atomic E-state index is 5.89. The van der Waals surface area contributed by atoms with E-state index in [2.05, 4.69) is 47.6 Å². The molecule has 0 N–H and O–H groups in total. The van der Waals surface area contributed by atoms with Gasteiger partial charge in [-0.1, -0.05) is 13.0 Å². The highest BCUT2D eigenvalue weighted by Gasteiger charge is 2.51. The van der Waals surface area contributed by atoms with E-state index < -0.39 is 0 Å². The fourth-order valence-electron chi connectivity index (χ4n) is 1.45. The highest BCUT2D eigenvalue weighted by molar-refractivity contribution is 6.54. The van der Waals surface area contributed by atoms with Crippen LogP contribution in [0, 0.1) is 0 Å². The molecule has 0 aromatic carbocycles. The van der Waals surface area contributed by atoms with Gasteiger partial charge in [0.25, 0.3) is 0 Å².